The number of ether oxygens (including phenoxy) is 1. The monoisotopic (exact) mass is 339 g/mol. The number of piperidine rings is 1. The van der Waals surface area contributed by atoms with Crippen LogP contribution in [0.2, 0.25) is 5.02 Å². The van der Waals surface area contributed by atoms with Gasteiger partial charge < -0.3 is 19.8 Å². The van der Waals surface area contributed by atoms with Crippen molar-refractivity contribution in [3.8, 4) is 5.75 Å². The Morgan fingerprint density at radius 2 is 2.00 bits per heavy atom. The maximum absolute atomic E-state index is 12.6. The van der Waals surface area contributed by atoms with Crippen LogP contribution in [-0.2, 0) is 16.0 Å². The Morgan fingerprint density at radius 1 is 1.30 bits per heavy atom. The highest BCUT2D eigenvalue weighted by atomic mass is 35.5. The van der Waals surface area contributed by atoms with Crippen molar-refractivity contribution >= 4 is 23.5 Å². The van der Waals surface area contributed by atoms with Crippen LogP contribution in [0.5, 0.6) is 5.75 Å². The highest BCUT2D eigenvalue weighted by Crippen LogP contribution is 2.31. The first-order chi connectivity index (χ1) is 10.9. The molecule has 7 heteroatoms. The second-order valence-corrected chi connectivity index (χ2v) is 6.56. The van der Waals surface area contributed by atoms with E-state index in [-0.39, 0.29) is 37.8 Å². The number of aliphatic hydroxyl groups is 1. The second kappa shape index (κ2) is 6.02. The Kier molecular flexibility index (Phi) is 4.21. The molecule has 2 aliphatic rings. The number of hydrogen-bond acceptors (Lipinski definition) is 4. The molecule has 6 nitrogen and oxygen atoms in total. The minimum absolute atomic E-state index is 0.0457. The average Bonchev–Trinajstić information content (AvgIpc) is 2.54. The summed E-state index contributed by atoms with van der Waals surface area (Å²) in [6.45, 7) is 0.772. The van der Waals surface area contributed by atoms with Crippen molar-refractivity contribution in [3.05, 3.63) is 28.8 Å². The van der Waals surface area contributed by atoms with Crippen molar-refractivity contribution in [2.24, 2.45) is 5.92 Å². The molecular weight excluding hydrogens is 322 g/mol. The summed E-state index contributed by atoms with van der Waals surface area (Å²) in [5, 5.41) is 19.6. The van der Waals surface area contributed by atoms with Crippen LogP contribution in [0, 0.1) is 5.92 Å². The van der Waals surface area contributed by atoms with Crippen LogP contribution in [0.1, 0.15) is 18.4 Å². The van der Waals surface area contributed by atoms with Crippen LogP contribution in [0.15, 0.2) is 18.2 Å². The van der Waals surface area contributed by atoms with Crippen LogP contribution in [0.4, 0.5) is 0 Å². The molecule has 3 rings (SSSR count). The molecule has 0 aromatic heterocycles. The third-order valence-electron chi connectivity index (χ3n) is 4.58. The van der Waals surface area contributed by atoms with Gasteiger partial charge in [-0.3, -0.25) is 4.79 Å². The quantitative estimate of drug-likeness (QED) is 0.848. The van der Waals surface area contributed by atoms with Crippen LogP contribution in [-0.4, -0.2) is 52.3 Å². The largest absolute Gasteiger partial charge is 0.492 e. The minimum atomic E-state index is -1.72. The fourth-order valence-corrected chi connectivity index (χ4v) is 3.29. The maximum Gasteiger partial charge on any atom is 0.335 e. The molecule has 1 aromatic rings. The van der Waals surface area contributed by atoms with Gasteiger partial charge in [-0.15, -0.1) is 0 Å². The SMILES string of the molecule is O=C(C1COc2ccc(Cl)cc2C1)N1CCC(O)(C(=O)O)CC1. The standard InChI is InChI=1S/C16H18ClNO5/c17-12-1-2-13-10(8-12)7-11(9-23-13)14(19)18-5-3-16(22,4-6-18)15(20)21/h1-2,8,11,22H,3-7,9H2,(H,20,21). The van der Waals surface area contributed by atoms with Gasteiger partial charge in [0, 0.05) is 31.0 Å². The van der Waals surface area contributed by atoms with Gasteiger partial charge in [0.05, 0.1) is 5.92 Å². The van der Waals surface area contributed by atoms with E-state index in [9.17, 15) is 14.7 Å². The van der Waals surface area contributed by atoms with Gasteiger partial charge >= 0.3 is 5.97 Å². The molecule has 23 heavy (non-hydrogen) atoms. The number of nitrogens with zero attached hydrogens (tertiary/aromatic N) is 1. The predicted octanol–water partition coefficient (Wildman–Crippen LogP) is 1.33. The molecule has 0 spiro atoms. The van der Waals surface area contributed by atoms with Crippen molar-refractivity contribution in [1.29, 1.82) is 0 Å². The molecule has 2 aliphatic heterocycles. The van der Waals surface area contributed by atoms with Crippen molar-refractivity contribution in [2.75, 3.05) is 19.7 Å². The lowest BCUT2D eigenvalue weighted by molar-refractivity contribution is -0.166. The van der Waals surface area contributed by atoms with Gasteiger partial charge in [0.2, 0.25) is 5.91 Å². The van der Waals surface area contributed by atoms with Crippen molar-refractivity contribution < 1.29 is 24.5 Å². The molecule has 0 saturated carbocycles. The van der Waals surface area contributed by atoms with Gasteiger partial charge in [-0.1, -0.05) is 11.6 Å². The van der Waals surface area contributed by atoms with Crippen LogP contribution >= 0.6 is 11.6 Å². The Bertz CT molecular complexity index is 639. The van der Waals surface area contributed by atoms with Crippen LogP contribution in [0.25, 0.3) is 0 Å². The summed E-state index contributed by atoms with van der Waals surface area (Å²) in [6, 6.07) is 5.35. The Balaban J connectivity index is 1.65. The summed E-state index contributed by atoms with van der Waals surface area (Å²) in [7, 11) is 0. The van der Waals surface area contributed by atoms with E-state index < -0.39 is 11.6 Å². The lowest BCUT2D eigenvalue weighted by atomic mass is 9.89. The first-order valence-corrected chi connectivity index (χ1v) is 7.93. The number of benzene rings is 1. The predicted molar refractivity (Wildman–Crippen MR) is 82.5 cm³/mol. The molecule has 0 aliphatic carbocycles. The van der Waals surface area contributed by atoms with Gasteiger partial charge in [0.15, 0.2) is 5.60 Å². The molecule has 1 fully saturated rings. The maximum atomic E-state index is 12.6. The summed E-state index contributed by atoms with van der Waals surface area (Å²) >= 11 is 5.98. The fourth-order valence-electron chi connectivity index (χ4n) is 3.09. The molecule has 0 radical (unpaired) electrons. The lowest BCUT2D eigenvalue weighted by Crippen LogP contribution is -2.52. The Morgan fingerprint density at radius 3 is 2.65 bits per heavy atom. The number of halogens is 1. The molecule has 124 valence electrons. The van der Waals surface area contributed by atoms with Crippen molar-refractivity contribution in [3.63, 3.8) is 0 Å². The molecule has 0 bridgehead atoms. The molecule has 2 heterocycles. The first-order valence-electron chi connectivity index (χ1n) is 7.55. The fraction of sp³-hybridized carbons (Fsp3) is 0.500. The Labute approximate surface area is 138 Å². The molecule has 1 aromatic carbocycles. The number of carboxylic acid groups (broad SMARTS) is 1. The number of hydrogen-bond donors (Lipinski definition) is 2. The van der Waals surface area contributed by atoms with E-state index in [4.69, 9.17) is 21.4 Å². The zero-order valence-corrected chi connectivity index (χ0v) is 13.3. The van der Waals surface area contributed by atoms with Gasteiger partial charge in [-0.25, -0.2) is 4.79 Å². The minimum Gasteiger partial charge on any atom is -0.492 e. The summed E-state index contributed by atoms with van der Waals surface area (Å²) in [5.74, 6) is -0.855. The lowest BCUT2D eigenvalue weighted by Gasteiger charge is -2.37. The van der Waals surface area contributed by atoms with Gasteiger partial charge in [-0.2, -0.15) is 0 Å². The number of rotatable bonds is 2. The van der Waals surface area contributed by atoms with E-state index in [0.717, 1.165) is 11.3 Å². The van der Waals surface area contributed by atoms with E-state index in [0.29, 0.717) is 18.1 Å². The summed E-state index contributed by atoms with van der Waals surface area (Å²) < 4.78 is 5.63. The number of likely N-dealkylation sites (tertiary alicyclic amines) is 1. The normalized spacial score (nSPS) is 22.9. The number of amides is 1. The number of carboxylic acids is 1. The topological polar surface area (TPSA) is 87.1 Å². The number of fused-ring (bicyclic) bond motifs is 1. The van der Waals surface area contributed by atoms with E-state index >= 15 is 0 Å². The number of carbonyl (C=O) groups is 2. The third kappa shape index (κ3) is 3.14. The Hall–Kier alpha value is -1.79. The van der Waals surface area contributed by atoms with Gasteiger partial charge in [0.25, 0.3) is 0 Å². The molecule has 1 unspecified atom stereocenters. The van der Waals surface area contributed by atoms with Gasteiger partial charge in [0.1, 0.15) is 12.4 Å². The number of carbonyl (C=O) groups excluding carboxylic acids is 1. The first kappa shape index (κ1) is 16.1. The van der Waals surface area contributed by atoms with Gasteiger partial charge in [-0.05, 0) is 30.2 Å². The third-order valence-corrected chi connectivity index (χ3v) is 4.81. The number of aliphatic carboxylic acids is 1. The molecular formula is C16H18ClNO5. The van der Waals surface area contributed by atoms with E-state index in [1.165, 1.54) is 0 Å². The van der Waals surface area contributed by atoms with Crippen molar-refractivity contribution in [2.45, 2.75) is 24.9 Å². The zero-order chi connectivity index (χ0) is 16.6. The summed E-state index contributed by atoms with van der Waals surface area (Å²) in [4.78, 5) is 25.3. The smallest absolute Gasteiger partial charge is 0.335 e. The van der Waals surface area contributed by atoms with E-state index in [1.807, 2.05) is 0 Å². The zero-order valence-electron chi connectivity index (χ0n) is 12.5. The van der Waals surface area contributed by atoms with E-state index in [2.05, 4.69) is 0 Å². The summed E-state index contributed by atoms with van der Waals surface area (Å²) in [6.07, 6.45) is 0.641. The average molecular weight is 340 g/mol. The highest BCUT2D eigenvalue weighted by Gasteiger charge is 2.41. The molecule has 2 N–H and O–H groups in total. The summed E-state index contributed by atoms with van der Waals surface area (Å²) in [5.41, 5.74) is -0.818. The van der Waals surface area contributed by atoms with Crippen LogP contribution < -0.4 is 4.74 Å². The molecule has 1 saturated heterocycles. The van der Waals surface area contributed by atoms with Crippen LogP contribution in [0.3, 0.4) is 0 Å². The molecule has 1 amide bonds. The second-order valence-electron chi connectivity index (χ2n) is 6.13. The van der Waals surface area contributed by atoms with Crippen molar-refractivity contribution in [1.82, 2.24) is 4.90 Å². The highest BCUT2D eigenvalue weighted by molar-refractivity contribution is 6.30. The molecule has 1 atom stereocenters. The van der Waals surface area contributed by atoms with E-state index in [1.54, 1.807) is 23.1 Å².